The highest BCUT2D eigenvalue weighted by Crippen LogP contribution is 2.23. The first-order valence-electron chi connectivity index (χ1n) is 8.64. The fraction of sp³-hybridized carbons (Fsp3) is 0.250. The van der Waals surface area contributed by atoms with Crippen molar-refractivity contribution in [2.45, 2.75) is 13.0 Å². The summed E-state index contributed by atoms with van der Waals surface area (Å²) in [4.78, 5) is 14.1. The maximum absolute atomic E-state index is 12.3. The molecule has 3 aromatic rings. The normalized spacial score (nSPS) is 14.1. The number of aromatic nitrogens is 3. The maximum Gasteiger partial charge on any atom is 0.260 e. The van der Waals surface area contributed by atoms with E-state index in [1.54, 1.807) is 4.90 Å². The minimum absolute atomic E-state index is 0.00657. The van der Waals surface area contributed by atoms with Crippen molar-refractivity contribution in [3.63, 3.8) is 0 Å². The van der Waals surface area contributed by atoms with Crippen LogP contribution >= 0.6 is 0 Å². The van der Waals surface area contributed by atoms with Crippen LogP contribution in [0.5, 0.6) is 5.75 Å². The number of rotatable bonds is 5. The summed E-state index contributed by atoms with van der Waals surface area (Å²) in [6.45, 7) is 3.29. The highest BCUT2D eigenvalue weighted by Gasteiger charge is 2.33. The number of hydrogen-bond acceptors (Lipinski definition) is 4. The molecule has 1 fully saturated rings. The van der Waals surface area contributed by atoms with E-state index in [1.807, 2.05) is 72.4 Å². The lowest BCUT2D eigenvalue weighted by atomic mass is 10.1. The summed E-state index contributed by atoms with van der Waals surface area (Å²) in [5, 5.41) is 8.44. The van der Waals surface area contributed by atoms with E-state index in [-0.39, 0.29) is 18.6 Å². The second-order valence-electron chi connectivity index (χ2n) is 6.46. The third-order valence-electron chi connectivity index (χ3n) is 4.61. The van der Waals surface area contributed by atoms with E-state index in [0.29, 0.717) is 13.1 Å². The van der Waals surface area contributed by atoms with E-state index >= 15 is 0 Å². The van der Waals surface area contributed by atoms with Crippen LogP contribution in [0.1, 0.15) is 11.6 Å². The zero-order chi connectivity index (χ0) is 17.9. The number of likely N-dealkylation sites (tertiary alicyclic amines) is 1. The average molecular weight is 348 g/mol. The van der Waals surface area contributed by atoms with Crippen molar-refractivity contribution in [1.29, 1.82) is 0 Å². The molecular formula is C20H20N4O2. The number of benzene rings is 2. The van der Waals surface area contributed by atoms with Crippen molar-refractivity contribution in [2.75, 3.05) is 19.7 Å². The molecule has 2 aromatic carbocycles. The van der Waals surface area contributed by atoms with Crippen LogP contribution in [0, 0.1) is 6.92 Å². The first-order valence-corrected chi connectivity index (χ1v) is 8.64. The topological polar surface area (TPSA) is 60.2 Å². The van der Waals surface area contributed by atoms with Crippen LogP contribution in [0.4, 0.5) is 0 Å². The quantitative estimate of drug-likeness (QED) is 0.711. The van der Waals surface area contributed by atoms with Gasteiger partial charge in [-0.25, -0.2) is 4.68 Å². The lowest BCUT2D eigenvalue weighted by Crippen LogP contribution is -2.52. The molecule has 0 saturated carbocycles. The van der Waals surface area contributed by atoms with Gasteiger partial charge in [0.15, 0.2) is 6.61 Å². The van der Waals surface area contributed by atoms with Gasteiger partial charge in [-0.3, -0.25) is 4.79 Å². The molecule has 1 aliphatic rings. The molecule has 6 heteroatoms. The molecule has 0 radical (unpaired) electrons. The number of nitrogens with zero attached hydrogens (tertiary/aromatic N) is 4. The van der Waals surface area contributed by atoms with Gasteiger partial charge in [0.2, 0.25) is 0 Å². The maximum atomic E-state index is 12.3. The first kappa shape index (κ1) is 16.3. The van der Waals surface area contributed by atoms with E-state index in [4.69, 9.17) is 4.74 Å². The molecule has 26 heavy (non-hydrogen) atoms. The second kappa shape index (κ2) is 7.00. The molecule has 0 spiro atoms. The van der Waals surface area contributed by atoms with Crippen LogP contribution in [0.2, 0.25) is 0 Å². The number of para-hydroxylation sites is 1. The molecule has 0 bridgehead atoms. The predicted octanol–water partition coefficient (Wildman–Crippen LogP) is 2.72. The molecule has 0 atom stereocenters. The van der Waals surface area contributed by atoms with Crippen LogP contribution in [-0.2, 0) is 4.79 Å². The summed E-state index contributed by atoms with van der Waals surface area (Å²) < 4.78 is 7.47. The van der Waals surface area contributed by atoms with Crippen molar-refractivity contribution in [3.05, 3.63) is 66.4 Å². The summed E-state index contributed by atoms with van der Waals surface area (Å²) in [7, 11) is 0. The van der Waals surface area contributed by atoms with Crippen molar-refractivity contribution in [2.24, 2.45) is 0 Å². The number of ether oxygens (including phenoxy) is 1. The smallest absolute Gasteiger partial charge is 0.260 e. The van der Waals surface area contributed by atoms with Gasteiger partial charge in [-0.1, -0.05) is 53.7 Å². The fourth-order valence-electron chi connectivity index (χ4n) is 2.97. The first-order chi connectivity index (χ1) is 12.7. The molecule has 0 unspecified atom stereocenters. The van der Waals surface area contributed by atoms with Gasteiger partial charge < -0.3 is 9.64 Å². The zero-order valence-electron chi connectivity index (χ0n) is 14.6. The highest BCUT2D eigenvalue weighted by atomic mass is 16.5. The summed E-state index contributed by atoms with van der Waals surface area (Å²) in [6, 6.07) is 17.8. The minimum Gasteiger partial charge on any atom is -0.484 e. The van der Waals surface area contributed by atoms with Crippen LogP contribution in [0.15, 0.2) is 60.8 Å². The van der Waals surface area contributed by atoms with Gasteiger partial charge in [0.1, 0.15) is 11.4 Å². The molecule has 6 nitrogen and oxygen atoms in total. The summed E-state index contributed by atoms with van der Waals surface area (Å²) in [6.07, 6.45) is 1.94. The van der Waals surface area contributed by atoms with Gasteiger partial charge in [0.05, 0.1) is 12.2 Å². The van der Waals surface area contributed by atoms with Crippen LogP contribution < -0.4 is 4.74 Å². The van der Waals surface area contributed by atoms with Crippen molar-refractivity contribution < 1.29 is 9.53 Å². The van der Waals surface area contributed by atoms with Crippen LogP contribution in [0.25, 0.3) is 11.3 Å². The molecule has 1 aliphatic heterocycles. The van der Waals surface area contributed by atoms with Gasteiger partial charge in [0.25, 0.3) is 5.91 Å². The van der Waals surface area contributed by atoms with Crippen LogP contribution in [0.3, 0.4) is 0 Å². The Kier molecular flexibility index (Phi) is 4.39. The number of carbonyl (C=O) groups excluding carboxylic acids is 1. The van der Waals surface area contributed by atoms with Crippen molar-refractivity contribution in [3.8, 4) is 17.0 Å². The largest absolute Gasteiger partial charge is 0.484 e. The highest BCUT2D eigenvalue weighted by molar-refractivity contribution is 5.78. The molecule has 132 valence electrons. The fourth-order valence-corrected chi connectivity index (χ4v) is 2.97. The lowest BCUT2D eigenvalue weighted by Gasteiger charge is -2.38. The number of hydrogen-bond donors (Lipinski definition) is 0. The Morgan fingerprint density at radius 1 is 1.12 bits per heavy atom. The third kappa shape index (κ3) is 3.31. The SMILES string of the molecule is Cc1ccccc1OCC(=O)N1CC(n2cc(-c3ccccc3)nn2)C1. The number of amides is 1. The summed E-state index contributed by atoms with van der Waals surface area (Å²) >= 11 is 0. The molecule has 1 amide bonds. The van der Waals surface area contributed by atoms with Gasteiger partial charge in [0, 0.05) is 18.7 Å². The monoisotopic (exact) mass is 348 g/mol. The number of carbonyl (C=O) groups is 1. The summed E-state index contributed by atoms with van der Waals surface area (Å²) in [5.74, 6) is 0.745. The molecule has 2 heterocycles. The van der Waals surface area contributed by atoms with E-state index in [0.717, 1.165) is 22.6 Å². The van der Waals surface area contributed by atoms with Gasteiger partial charge in [-0.2, -0.15) is 0 Å². The number of aryl methyl sites for hydroxylation is 1. The molecule has 1 aromatic heterocycles. The summed E-state index contributed by atoms with van der Waals surface area (Å²) in [5.41, 5.74) is 2.91. The van der Waals surface area contributed by atoms with Gasteiger partial charge >= 0.3 is 0 Å². The molecular weight excluding hydrogens is 328 g/mol. The zero-order valence-corrected chi connectivity index (χ0v) is 14.6. The van der Waals surface area contributed by atoms with E-state index in [9.17, 15) is 4.79 Å². The minimum atomic E-state index is -0.00657. The van der Waals surface area contributed by atoms with E-state index < -0.39 is 0 Å². The Bertz CT molecular complexity index is 901. The second-order valence-corrected chi connectivity index (χ2v) is 6.46. The van der Waals surface area contributed by atoms with Crippen molar-refractivity contribution >= 4 is 5.91 Å². The molecule has 0 N–H and O–H groups in total. The third-order valence-corrected chi connectivity index (χ3v) is 4.61. The van der Waals surface area contributed by atoms with Crippen molar-refractivity contribution in [1.82, 2.24) is 19.9 Å². The Morgan fingerprint density at radius 3 is 2.62 bits per heavy atom. The molecule has 4 rings (SSSR count). The predicted molar refractivity (Wildman–Crippen MR) is 97.7 cm³/mol. The van der Waals surface area contributed by atoms with E-state index in [1.165, 1.54) is 0 Å². The van der Waals surface area contributed by atoms with Crippen LogP contribution in [-0.4, -0.2) is 45.5 Å². The molecule has 0 aliphatic carbocycles. The average Bonchev–Trinajstić information content (AvgIpc) is 3.10. The lowest BCUT2D eigenvalue weighted by molar-refractivity contribution is -0.139. The standard InChI is InChI=1S/C20H20N4O2/c1-15-7-5-6-10-19(15)26-14-20(25)23-11-17(12-23)24-13-18(21-22-24)16-8-3-2-4-9-16/h2-10,13,17H,11-12,14H2,1H3. The molecule has 1 saturated heterocycles. The Labute approximate surface area is 152 Å². The Morgan fingerprint density at radius 2 is 1.85 bits per heavy atom. The van der Waals surface area contributed by atoms with Gasteiger partial charge in [-0.15, -0.1) is 5.10 Å². The Hall–Kier alpha value is -3.15. The van der Waals surface area contributed by atoms with Gasteiger partial charge in [-0.05, 0) is 18.6 Å². The Balaban J connectivity index is 1.31. The van der Waals surface area contributed by atoms with E-state index in [2.05, 4.69) is 10.3 Å².